The Morgan fingerprint density at radius 3 is 2.23 bits per heavy atom. The third-order valence-corrected chi connectivity index (χ3v) is 12.0. The van der Waals surface area contributed by atoms with Gasteiger partial charge in [0.05, 0.1) is 8.07 Å². The molecule has 9 rings (SSSR count). The maximum absolute atomic E-state index is 9.10. The zero-order valence-corrected chi connectivity index (χ0v) is 32.8. The van der Waals surface area contributed by atoms with E-state index in [0.29, 0.717) is 38.9 Å². The van der Waals surface area contributed by atoms with Gasteiger partial charge in [-0.25, -0.2) is 0 Å². The molecule has 259 valence electrons. The zero-order chi connectivity index (χ0) is 41.9. The van der Waals surface area contributed by atoms with E-state index in [2.05, 4.69) is 47.9 Å². The zero-order valence-electron chi connectivity index (χ0n) is 36.5. The standard InChI is InChI=1S/C24H17N2O.C21H20NSSi.Ir/c1-16-11-12-21(25-14-16)20-15-26-24-23(18-9-5-6-10-22(18)27-24)19(20)13-17-7-3-2-4-8-17;1-14-9-11-16(18-12-10-15(13-22-18)24(2,3)4)21-20(14)17-7-5-6-8-19(17)23-21;/h2-12,14H,13H2,1H3;5-10,12-13H,1-4H3;/q2*-1;/i1D3,13D2;1D3;. The number of rotatable bonds is 5. The Bertz CT molecular complexity index is 2980. The maximum atomic E-state index is 9.10. The third kappa shape index (κ3) is 6.90. The second-order valence-electron chi connectivity index (χ2n) is 13.2. The first-order valence-electron chi connectivity index (χ1n) is 20.5. The van der Waals surface area contributed by atoms with Gasteiger partial charge in [-0.1, -0.05) is 128 Å². The van der Waals surface area contributed by atoms with Gasteiger partial charge in [0.15, 0.2) is 0 Å². The van der Waals surface area contributed by atoms with Crippen LogP contribution in [0.5, 0.6) is 0 Å². The number of pyridine rings is 3. The minimum atomic E-state index is -2.28. The van der Waals surface area contributed by atoms with Crippen molar-refractivity contribution in [3.8, 4) is 22.5 Å². The maximum Gasteiger partial charge on any atom is 0.142 e. The average molecular weight is 896 g/mol. The van der Waals surface area contributed by atoms with E-state index in [1.54, 1.807) is 47.7 Å². The molecular weight excluding hydrogens is 851 g/mol. The van der Waals surface area contributed by atoms with Crippen LogP contribution >= 0.6 is 11.3 Å². The van der Waals surface area contributed by atoms with Gasteiger partial charge in [-0.15, -0.1) is 34.4 Å². The Morgan fingerprint density at radius 1 is 0.769 bits per heavy atom. The van der Waals surface area contributed by atoms with Crippen LogP contribution in [-0.4, -0.2) is 23.0 Å². The molecule has 52 heavy (non-hydrogen) atoms. The molecule has 5 aromatic heterocycles. The Labute approximate surface area is 334 Å². The molecule has 0 aliphatic heterocycles. The summed E-state index contributed by atoms with van der Waals surface area (Å²) >= 11 is 1.61. The van der Waals surface area contributed by atoms with Gasteiger partial charge >= 0.3 is 0 Å². The molecule has 0 spiro atoms. The van der Waals surface area contributed by atoms with E-state index in [0.717, 1.165) is 36.8 Å². The van der Waals surface area contributed by atoms with Crippen LogP contribution in [-0.2, 0) is 26.5 Å². The van der Waals surface area contributed by atoms with Crippen molar-refractivity contribution in [1.82, 2.24) is 15.0 Å². The largest absolute Gasteiger partial charge is 0.483 e. The fourth-order valence-electron chi connectivity index (χ4n) is 6.11. The summed E-state index contributed by atoms with van der Waals surface area (Å²) in [5.41, 5.74) is 4.59. The second-order valence-corrected chi connectivity index (χ2v) is 19.4. The smallest absolute Gasteiger partial charge is 0.142 e. The minimum Gasteiger partial charge on any atom is -0.483 e. The van der Waals surface area contributed by atoms with Gasteiger partial charge in [0.1, 0.15) is 11.3 Å². The molecular formula is C45H37IrN3OSSi-2. The molecule has 1 radical (unpaired) electrons. The van der Waals surface area contributed by atoms with Gasteiger partial charge < -0.3 is 19.4 Å². The van der Waals surface area contributed by atoms with Crippen molar-refractivity contribution in [2.45, 2.75) is 39.7 Å². The van der Waals surface area contributed by atoms with Crippen LogP contribution in [0.2, 0.25) is 19.6 Å². The van der Waals surface area contributed by atoms with Gasteiger partial charge in [-0.3, -0.25) is 0 Å². The quantitative estimate of drug-likeness (QED) is 0.128. The summed E-state index contributed by atoms with van der Waals surface area (Å²) in [6.45, 7) is 2.44. The summed E-state index contributed by atoms with van der Waals surface area (Å²) in [6, 6.07) is 36.3. The van der Waals surface area contributed by atoms with Crippen LogP contribution in [0.25, 0.3) is 64.8 Å². The van der Waals surface area contributed by atoms with Gasteiger partial charge in [-0.05, 0) is 69.2 Å². The summed E-state index contributed by atoms with van der Waals surface area (Å²) in [5, 5.41) is 4.38. The number of furan rings is 1. The molecule has 0 aliphatic rings. The van der Waals surface area contributed by atoms with Gasteiger partial charge in [0.25, 0.3) is 0 Å². The van der Waals surface area contributed by atoms with Crippen LogP contribution in [0.15, 0.2) is 126 Å². The molecule has 9 aromatic rings. The van der Waals surface area contributed by atoms with Crippen LogP contribution in [0, 0.1) is 26.0 Å². The van der Waals surface area contributed by atoms with Crippen molar-refractivity contribution in [2.75, 3.05) is 0 Å². The predicted molar refractivity (Wildman–Crippen MR) is 217 cm³/mol. The molecule has 0 saturated carbocycles. The Kier molecular flexibility index (Phi) is 7.60. The normalized spacial score (nSPS) is 14.5. The van der Waals surface area contributed by atoms with Crippen LogP contribution in [0.3, 0.4) is 0 Å². The van der Waals surface area contributed by atoms with Crippen molar-refractivity contribution >= 4 is 66.8 Å². The number of thiophene rings is 1. The fraction of sp³-hybridized carbons (Fsp3) is 0.133. The molecule has 0 saturated heterocycles. The van der Waals surface area contributed by atoms with E-state index >= 15 is 0 Å². The number of para-hydroxylation sites is 1. The van der Waals surface area contributed by atoms with E-state index in [1.807, 2.05) is 66.9 Å². The van der Waals surface area contributed by atoms with Gasteiger partial charge in [-0.2, -0.15) is 11.3 Å². The topological polar surface area (TPSA) is 51.8 Å². The Hall–Kier alpha value is -4.78. The number of hydrogen-bond acceptors (Lipinski definition) is 5. The van der Waals surface area contributed by atoms with Crippen molar-refractivity contribution in [3.05, 3.63) is 156 Å². The first-order valence-corrected chi connectivity index (χ1v) is 20.8. The summed E-state index contributed by atoms with van der Waals surface area (Å²) in [5.74, 6) is 0. The summed E-state index contributed by atoms with van der Waals surface area (Å²) in [7, 11) is -1.42. The average Bonchev–Trinajstić information content (AvgIpc) is 3.79. The first-order chi connectivity index (χ1) is 27.9. The van der Waals surface area contributed by atoms with E-state index in [4.69, 9.17) is 20.4 Å². The SMILES string of the molecule is [2H]C([2H])([2H])c1c[c-]c(-c2ccc([Si](C)(C)C)cn2)c2sc3ccccc3c12.[2H]C([2H])([2H])c1ccc(-c2[c-]nc3oc4ccccc4c3c2C([2H])([2H])c2ccccc2)nc1.[Ir]. The summed E-state index contributed by atoms with van der Waals surface area (Å²) in [6.07, 6.45) is 4.23. The molecule has 0 unspecified atom stereocenters. The van der Waals surface area contributed by atoms with Gasteiger partial charge in [0.2, 0.25) is 0 Å². The molecule has 0 atom stereocenters. The number of hydrogen-bond donors (Lipinski definition) is 0. The van der Waals surface area contributed by atoms with Crippen molar-refractivity contribution in [3.63, 3.8) is 0 Å². The number of aromatic nitrogens is 3. The van der Waals surface area contributed by atoms with Crippen molar-refractivity contribution in [2.24, 2.45) is 0 Å². The molecule has 4 aromatic carbocycles. The Balaban J connectivity index is 0.000000181. The second kappa shape index (κ2) is 14.7. The minimum absolute atomic E-state index is 0. The van der Waals surface area contributed by atoms with Crippen LogP contribution in [0.1, 0.15) is 33.2 Å². The monoisotopic (exact) mass is 896 g/mol. The van der Waals surface area contributed by atoms with Gasteiger partial charge in [0, 0.05) is 53.6 Å². The predicted octanol–water partition coefficient (Wildman–Crippen LogP) is 11.5. The number of fused-ring (bicyclic) bond motifs is 6. The van der Waals surface area contributed by atoms with E-state index < -0.39 is 28.2 Å². The summed E-state index contributed by atoms with van der Waals surface area (Å²) in [4.78, 5) is 13.3. The fourth-order valence-corrected chi connectivity index (χ4v) is 8.37. The molecule has 0 bridgehead atoms. The number of aryl methyl sites for hydroxylation is 2. The van der Waals surface area contributed by atoms with Crippen LogP contribution < -0.4 is 5.19 Å². The Morgan fingerprint density at radius 2 is 1.50 bits per heavy atom. The first kappa shape index (κ1) is 26.9. The number of nitrogens with zero attached hydrogens (tertiary/aromatic N) is 3. The molecule has 7 heteroatoms. The molecule has 0 aliphatic carbocycles. The van der Waals surface area contributed by atoms with E-state index in [1.165, 1.54) is 17.4 Å². The molecule has 0 N–H and O–H groups in total. The molecule has 5 heterocycles. The van der Waals surface area contributed by atoms with Crippen LogP contribution in [0.4, 0.5) is 0 Å². The van der Waals surface area contributed by atoms with Crippen molar-refractivity contribution < 1.29 is 35.5 Å². The summed E-state index contributed by atoms with van der Waals surface area (Å²) < 4.78 is 72.7. The molecule has 4 nitrogen and oxygen atoms in total. The molecule has 0 fully saturated rings. The van der Waals surface area contributed by atoms with Crippen molar-refractivity contribution in [1.29, 1.82) is 0 Å². The molecule has 0 amide bonds. The third-order valence-electron chi connectivity index (χ3n) is 8.75. The number of benzene rings is 4. The van der Waals surface area contributed by atoms with E-state index in [9.17, 15) is 0 Å². The van der Waals surface area contributed by atoms with E-state index in [-0.39, 0.29) is 31.4 Å².